The predicted molar refractivity (Wildman–Crippen MR) is 58.8 cm³/mol. The van der Waals surface area contributed by atoms with Gasteiger partial charge in [0.15, 0.2) is 0 Å². The predicted octanol–water partition coefficient (Wildman–Crippen LogP) is 0.519. The van der Waals surface area contributed by atoms with E-state index in [-0.39, 0.29) is 18.1 Å². The molecule has 0 radical (unpaired) electrons. The van der Waals surface area contributed by atoms with Crippen LogP contribution in [-0.4, -0.2) is 45.9 Å². The molecule has 1 amide bonds. The fraction of sp³-hybridized carbons (Fsp3) is 0.636. The van der Waals surface area contributed by atoms with E-state index < -0.39 is 0 Å². The first kappa shape index (κ1) is 11.1. The van der Waals surface area contributed by atoms with Crippen LogP contribution in [0.3, 0.4) is 0 Å². The van der Waals surface area contributed by atoms with Gasteiger partial charge in [-0.15, -0.1) is 0 Å². The fourth-order valence-corrected chi connectivity index (χ4v) is 1.87. The van der Waals surface area contributed by atoms with Gasteiger partial charge in [-0.3, -0.25) is 9.48 Å². The largest absolute Gasteiger partial charge is 0.375 e. The molecular weight excluding hydrogens is 206 g/mol. The Morgan fingerprint density at radius 3 is 3.06 bits per heavy atom. The van der Waals surface area contributed by atoms with E-state index in [1.54, 1.807) is 17.1 Å². The van der Waals surface area contributed by atoms with Crippen LogP contribution in [-0.2, 0) is 16.1 Å². The summed E-state index contributed by atoms with van der Waals surface area (Å²) in [4.78, 5) is 13.9. The van der Waals surface area contributed by atoms with E-state index in [0.29, 0.717) is 19.7 Å². The van der Waals surface area contributed by atoms with Crippen molar-refractivity contribution in [1.29, 1.82) is 0 Å². The molecule has 0 bridgehead atoms. The minimum atomic E-state index is 0.103. The highest BCUT2D eigenvalue weighted by Crippen LogP contribution is 2.11. The molecule has 1 saturated heterocycles. The number of hydrogen-bond donors (Lipinski definition) is 0. The lowest BCUT2D eigenvalue weighted by Gasteiger charge is -2.36. The molecule has 2 heterocycles. The molecule has 0 spiro atoms. The Balaban J connectivity index is 1.97. The quantitative estimate of drug-likeness (QED) is 0.734. The van der Waals surface area contributed by atoms with Gasteiger partial charge in [-0.05, 0) is 19.9 Å². The Hall–Kier alpha value is -1.36. The van der Waals surface area contributed by atoms with Crippen molar-refractivity contribution in [1.82, 2.24) is 14.7 Å². The molecule has 88 valence electrons. The van der Waals surface area contributed by atoms with Gasteiger partial charge in [-0.2, -0.15) is 5.10 Å². The van der Waals surface area contributed by atoms with Gasteiger partial charge in [-0.25, -0.2) is 0 Å². The second-order valence-corrected chi connectivity index (χ2v) is 4.24. The Bertz CT molecular complexity index is 350. The zero-order valence-corrected chi connectivity index (χ0v) is 9.67. The number of aromatic nitrogens is 2. The third kappa shape index (κ3) is 2.41. The molecular formula is C11H17N3O2. The van der Waals surface area contributed by atoms with Crippen molar-refractivity contribution in [3.05, 3.63) is 18.5 Å². The molecule has 2 atom stereocenters. The van der Waals surface area contributed by atoms with E-state index in [2.05, 4.69) is 5.10 Å². The van der Waals surface area contributed by atoms with Gasteiger partial charge in [0.25, 0.3) is 0 Å². The first-order valence-corrected chi connectivity index (χ1v) is 5.55. The van der Waals surface area contributed by atoms with E-state index in [0.717, 1.165) is 0 Å². The zero-order chi connectivity index (χ0) is 11.5. The average molecular weight is 223 g/mol. The van der Waals surface area contributed by atoms with Crippen molar-refractivity contribution in [3.63, 3.8) is 0 Å². The smallest absolute Gasteiger partial charge is 0.244 e. The topological polar surface area (TPSA) is 47.4 Å². The van der Waals surface area contributed by atoms with Crippen LogP contribution in [0.2, 0.25) is 0 Å². The molecule has 0 N–H and O–H groups in total. The molecule has 5 nitrogen and oxygen atoms in total. The van der Waals surface area contributed by atoms with Crippen molar-refractivity contribution in [2.75, 3.05) is 13.2 Å². The number of carbonyl (C=O) groups is 1. The third-order valence-electron chi connectivity index (χ3n) is 2.78. The van der Waals surface area contributed by atoms with Gasteiger partial charge >= 0.3 is 0 Å². The summed E-state index contributed by atoms with van der Waals surface area (Å²) in [5.74, 6) is 0.103. The molecule has 16 heavy (non-hydrogen) atoms. The number of carbonyl (C=O) groups excluding carboxylic acids is 1. The highest BCUT2D eigenvalue weighted by atomic mass is 16.5. The van der Waals surface area contributed by atoms with Crippen LogP contribution in [0.25, 0.3) is 0 Å². The maximum atomic E-state index is 12.0. The molecule has 1 aliphatic rings. The Morgan fingerprint density at radius 1 is 1.56 bits per heavy atom. The monoisotopic (exact) mass is 223 g/mol. The summed E-state index contributed by atoms with van der Waals surface area (Å²) < 4.78 is 7.14. The highest BCUT2D eigenvalue weighted by Gasteiger charge is 2.27. The summed E-state index contributed by atoms with van der Waals surface area (Å²) in [6.07, 6.45) is 3.60. The molecule has 2 unspecified atom stereocenters. The summed E-state index contributed by atoms with van der Waals surface area (Å²) in [5, 5.41) is 4.03. The van der Waals surface area contributed by atoms with Gasteiger partial charge < -0.3 is 9.64 Å². The van der Waals surface area contributed by atoms with Crippen LogP contribution in [0, 0.1) is 0 Å². The van der Waals surface area contributed by atoms with Crippen LogP contribution in [0.4, 0.5) is 0 Å². The molecule has 1 fully saturated rings. The van der Waals surface area contributed by atoms with Crippen LogP contribution in [0.1, 0.15) is 13.8 Å². The molecule has 1 aliphatic heterocycles. The second kappa shape index (κ2) is 4.65. The van der Waals surface area contributed by atoms with Gasteiger partial charge in [-0.1, -0.05) is 0 Å². The van der Waals surface area contributed by atoms with Crippen LogP contribution < -0.4 is 0 Å². The lowest BCUT2D eigenvalue weighted by molar-refractivity contribution is -0.144. The van der Waals surface area contributed by atoms with Crippen LogP contribution in [0.15, 0.2) is 18.5 Å². The maximum Gasteiger partial charge on any atom is 0.244 e. The van der Waals surface area contributed by atoms with Gasteiger partial charge in [0.1, 0.15) is 6.54 Å². The molecule has 1 aromatic rings. The number of hydrogen-bond acceptors (Lipinski definition) is 3. The van der Waals surface area contributed by atoms with Crippen LogP contribution >= 0.6 is 0 Å². The van der Waals surface area contributed by atoms with Crippen LogP contribution in [0.5, 0.6) is 0 Å². The molecule has 0 aliphatic carbocycles. The maximum absolute atomic E-state index is 12.0. The summed E-state index contributed by atoms with van der Waals surface area (Å²) in [5.41, 5.74) is 0. The molecule has 1 aromatic heterocycles. The molecule has 2 rings (SSSR count). The normalized spacial score (nSPS) is 25.8. The van der Waals surface area contributed by atoms with E-state index in [1.165, 1.54) is 0 Å². The number of nitrogens with zero attached hydrogens (tertiary/aromatic N) is 3. The Labute approximate surface area is 95.0 Å². The minimum absolute atomic E-state index is 0.103. The SMILES string of the molecule is CC1CN(C(=O)Cn2cccn2)C(C)CO1. The first-order chi connectivity index (χ1) is 7.66. The number of morpholine rings is 1. The lowest BCUT2D eigenvalue weighted by Crippen LogP contribution is -2.51. The Morgan fingerprint density at radius 2 is 2.38 bits per heavy atom. The van der Waals surface area contributed by atoms with E-state index >= 15 is 0 Å². The van der Waals surface area contributed by atoms with E-state index in [4.69, 9.17) is 4.74 Å². The fourth-order valence-electron chi connectivity index (χ4n) is 1.87. The van der Waals surface area contributed by atoms with Crippen molar-refractivity contribution in [3.8, 4) is 0 Å². The third-order valence-corrected chi connectivity index (χ3v) is 2.78. The zero-order valence-electron chi connectivity index (χ0n) is 9.67. The molecule has 0 saturated carbocycles. The standard InChI is InChI=1S/C11H17N3O2/c1-9-8-16-10(2)6-14(9)11(15)7-13-5-3-4-12-13/h3-5,9-10H,6-8H2,1-2H3. The van der Waals surface area contributed by atoms with E-state index in [1.807, 2.05) is 24.8 Å². The van der Waals surface area contributed by atoms with E-state index in [9.17, 15) is 4.79 Å². The Kier molecular flexibility index (Phi) is 3.24. The van der Waals surface area contributed by atoms with Gasteiger partial charge in [0, 0.05) is 18.9 Å². The van der Waals surface area contributed by atoms with Gasteiger partial charge in [0.05, 0.1) is 18.8 Å². The minimum Gasteiger partial charge on any atom is -0.375 e. The van der Waals surface area contributed by atoms with Crippen molar-refractivity contribution < 1.29 is 9.53 Å². The average Bonchev–Trinajstić information content (AvgIpc) is 2.74. The number of ether oxygens (including phenoxy) is 1. The highest BCUT2D eigenvalue weighted by molar-refractivity contribution is 5.76. The number of amides is 1. The van der Waals surface area contributed by atoms with Gasteiger partial charge in [0.2, 0.25) is 5.91 Å². The van der Waals surface area contributed by atoms with Crippen molar-refractivity contribution in [2.45, 2.75) is 32.5 Å². The van der Waals surface area contributed by atoms with Crippen molar-refractivity contribution >= 4 is 5.91 Å². The molecule has 5 heteroatoms. The number of rotatable bonds is 2. The molecule has 0 aromatic carbocycles. The summed E-state index contributed by atoms with van der Waals surface area (Å²) in [6.45, 7) is 5.59. The summed E-state index contributed by atoms with van der Waals surface area (Å²) >= 11 is 0. The first-order valence-electron chi connectivity index (χ1n) is 5.55. The summed E-state index contributed by atoms with van der Waals surface area (Å²) in [6, 6.07) is 1.97. The second-order valence-electron chi connectivity index (χ2n) is 4.24. The summed E-state index contributed by atoms with van der Waals surface area (Å²) in [7, 11) is 0. The van der Waals surface area contributed by atoms with Crippen molar-refractivity contribution in [2.24, 2.45) is 0 Å². The lowest BCUT2D eigenvalue weighted by atomic mass is 10.2.